The van der Waals surface area contributed by atoms with Crippen LogP contribution >= 0.6 is 0 Å². The zero-order chi connectivity index (χ0) is 20.5. The molecule has 0 unspecified atom stereocenters. The third-order valence-corrected chi connectivity index (χ3v) is 5.42. The summed E-state index contributed by atoms with van der Waals surface area (Å²) in [5.74, 6) is -1.01. The monoisotopic (exact) mass is 393 g/mol. The van der Waals surface area contributed by atoms with Gasteiger partial charge in [0.2, 0.25) is 0 Å². The first-order valence-corrected chi connectivity index (χ1v) is 9.56. The van der Waals surface area contributed by atoms with Crippen LogP contribution in [0.4, 0.5) is 0 Å². The number of carbonyl (C=O) groups excluding carboxylic acids is 1. The first kappa shape index (κ1) is 19.1. The second-order valence-electron chi connectivity index (χ2n) is 7.42. The van der Waals surface area contributed by atoms with E-state index in [1.54, 1.807) is 24.4 Å². The van der Waals surface area contributed by atoms with Crippen molar-refractivity contribution in [1.82, 2.24) is 14.5 Å². The lowest BCUT2D eigenvalue weighted by molar-refractivity contribution is -0.00158. The molecule has 29 heavy (non-hydrogen) atoms. The van der Waals surface area contributed by atoms with E-state index >= 15 is 0 Å². The van der Waals surface area contributed by atoms with Gasteiger partial charge in [-0.25, -0.2) is 4.79 Å². The number of morpholine rings is 1. The van der Waals surface area contributed by atoms with Crippen LogP contribution in [-0.4, -0.2) is 57.2 Å². The molecule has 3 aromatic rings. The van der Waals surface area contributed by atoms with E-state index < -0.39 is 5.97 Å². The molecule has 0 bridgehead atoms. The van der Waals surface area contributed by atoms with Crippen LogP contribution in [-0.2, 0) is 18.2 Å². The number of ether oxygens (including phenoxy) is 1. The largest absolute Gasteiger partial charge is 0.478 e. The lowest BCUT2D eigenvalue weighted by atomic mass is 10.0. The molecule has 1 atom stereocenters. The molecule has 1 aromatic carbocycles. The van der Waals surface area contributed by atoms with Gasteiger partial charge in [-0.1, -0.05) is 0 Å². The second-order valence-corrected chi connectivity index (χ2v) is 7.42. The summed E-state index contributed by atoms with van der Waals surface area (Å²) >= 11 is 0. The molecule has 1 amide bonds. The first-order valence-electron chi connectivity index (χ1n) is 9.56. The second kappa shape index (κ2) is 7.67. The molecule has 0 saturated carbocycles. The van der Waals surface area contributed by atoms with Crippen molar-refractivity contribution in [3.8, 4) is 0 Å². The van der Waals surface area contributed by atoms with Crippen LogP contribution in [0.25, 0.3) is 10.9 Å². The molecule has 1 aliphatic heterocycles. The van der Waals surface area contributed by atoms with Gasteiger partial charge in [0.05, 0.1) is 30.4 Å². The number of aromatic carboxylic acids is 1. The maximum Gasteiger partial charge on any atom is 0.335 e. The number of rotatable bonds is 4. The SMILES string of the molecule is Cc1ccc(C(=O)N2CCOC[C@@H]2Cc2cn(C)c3ccc(C(=O)O)cc23)cn1. The average molecular weight is 393 g/mol. The fraction of sp³-hybridized carbons (Fsp3) is 0.318. The smallest absolute Gasteiger partial charge is 0.335 e. The lowest BCUT2D eigenvalue weighted by Gasteiger charge is -2.35. The molecule has 1 fully saturated rings. The van der Waals surface area contributed by atoms with Crippen molar-refractivity contribution in [1.29, 1.82) is 0 Å². The van der Waals surface area contributed by atoms with Gasteiger partial charge in [0, 0.05) is 42.6 Å². The summed E-state index contributed by atoms with van der Waals surface area (Å²) in [4.78, 5) is 30.5. The maximum atomic E-state index is 13.1. The Hall–Kier alpha value is -3.19. The van der Waals surface area contributed by atoms with Crippen LogP contribution < -0.4 is 0 Å². The van der Waals surface area contributed by atoms with Crippen molar-refractivity contribution in [2.24, 2.45) is 7.05 Å². The average Bonchev–Trinajstić information content (AvgIpc) is 3.03. The number of fused-ring (bicyclic) bond motifs is 1. The van der Waals surface area contributed by atoms with Gasteiger partial charge < -0.3 is 19.3 Å². The van der Waals surface area contributed by atoms with Gasteiger partial charge >= 0.3 is 5.97 Å². The molecule has 1 aliphatic rings. The third-order valence-electron chi connectivity index (χ3n) is 5.42. The number of carbonyl (C=O) groups is 2. The topological polar surface area (TPSA) is 84.7 Å². The number of amides is 1. The van der Waals surface area contributed by atoms with Crippen LogP contribution in [0.1, 0.15) is 32.0 Å². The zero-order valence-electron chi connectivity index (χ0n) is 16.5. The number of hydrogen-bond acceptors (Lipinski definition) is 4. The molecule has 150 valence electrons. The summed E-state index contributed by atoms with van der Waals surface area (Å²) in [7, 11) is 1.94. The molecular formula is C22H23N3O4. The van der Waals surface area contributed by atoms with E-state index in [2.05, 4.69) is 4.98 Å². The number of aromatic nitrogens is 2. The Morgan fingerprint density at radius 1 is 1.24 bits per heavy atom. The minimum Gasteiger partial charge on any atom is -0.478 e. The number of carboxylic acid groups (broad SMARTS) is 1. The van der Waals surface area contributed by atoms with Crippen LogP contribution in [0.3, 0.4) is 0 Å². The number of hydrogen-bond donors (Lipinski definition) is 1. The van der Waals surface area contributed by atoms with Crippen LogP contribution in [0, 0.1) is 6.92 Å². The van der Waals surface area contributed by atoms with E-state index in [1.165, 1.54) is 0 Å². The fourth-order valence-corrected chi connectivity index (χ4v) is 3.87. The normalized spacial score (nSPS) is 16.9. The molecular weight excluding hydrogens is 370 g/mol. The maximum absolute atomic E-state index is 13.1. The Morgan fingerprint density at radius 2 is 2.03 bits per heavy atom. The van der Waals surface area contributed by atoms with E-state index in [0.29, 0.717) is 31.7 Å². The van der Waals surface area contributed by atoms with Crippen LogP contribution in [0.5, 0.6) is 0 Å². The van der Waals surface area contributed by atoms with Crippen molar-refractivity contribution in [2.45, 2.75) is 19.4 Å². The predicted molar refractivity (Wildman–Crippen MR) is 108 cm³/mol. The van der Waals surface area contributed by atoms with Gasteiger partial charge in [-0.2, -0.15) is 0 Å². The Bertz CT molecular complexity index is 1070. The van der Waals surface area contributed by atoms with Crippen molar-refractivity contribution in [2.75, 3.05) is 19.8 Å². The van der Waals surface area contributed by atoms with E-state index in [0.717, 1.165) is 22.2 Å². The predicted octanol–water partition coefficient (Wildman–Crippen LogP) is 2.66. The van der Waals surface area contributed by atoms with Gasteiger partial charge in [0.25, 0.3) is 5.91 Å². The summed E-state index contributed by atoms with van der Waals surface area (Å²) in [6.45, 7) is 3.35. The quantitative estimate of drug-likeness (QED) is 0.737. The van der Waals surface area contributed by atoms with Gasteiger partial charge in [0.15, 0.2) is 0 Å². The van der Waals surface area contributed by atoms with Gasteiger partial charge in [-0.3, -0.25) is 9.78 Å². The van der Waals surface area contributed by atoms with Crippen molar-refractivity contribution >= 4 is 22.8 Å². The van der Waals surface area contributed by atoms with E-state index in [-0.39, 0.29) is 17.5 Å². The molecule has 1 saturated heterocycles. The minimum atomic E-state index is -0.952. The van der Waals surface area contributed by atoms with Crippen molar-refractivity contribution in [3.63, 3.8) is 0 Å². The summed E-state index contributed by atoms with van der Waals surface area (Å²) in [6, 6.07) is 8.64. The van der Waals surface area contributed by atoms with Gasteiger partial charge in [-0.05, 0) is 49.2 Å². The first-order chi connectivity index (χ1) is 13.9. The van der Waals surface area contributed by atoms with Crippen LogP contribution in [0.2, 0.25) is 0 Å². The molecule has 0 radical (unpaired) electrons. The summed E-state index contributed by atoms with van der Waals surface area (Å²) in [5, 5.41) is 10.2. The fourth-order valence-electron chi connectivity index (χ4n) is 3.87. The number of carboxylic acids is 1. The standard InChI is InChI=1S/C22H23N3O4/c1-14-3-4-16(11-23-14)21(26)25-7-8-29-13-18(25)9-17-12-24(2)20-6-5-15(22(27)28)10-19(17)20/h3-6,10-12,18H,7-9,13H2,1-2H3,(H,27,28)/t18-/m0/s1. The van der Waals surface area contributed by atoms with Crippen molar-refractivity contribution < 1.29 is 19.4 Å². The number of pyridine rings is 1. The summed E-state index contributed by atoms with van der Waals surface area (Å²) in [5.41, 5.74) is 3.64. The highest BCUT2D eigenvalue weighted by molar-refractivity contribution is 5.95. The summed E-state index contributed by atoms with van der Waals surface area (Å²) in [6.07, 6.45) is 4.20. The summed E-state index contributed by atoms with van der Waals surface area (Å²) < 4.78 is 7.64. The Morgan fingerprint density at radius 3 is 2.76 bits per heavy atom. The zero-order valence-corrected chi connectivity index (χ0v) is 16.5. The van der Waals surface area contributed by atoms with E-state index in [1.807, 2.05) is 41.8 Å². The highest BCUT2D eigenvalue weighted by atomic mass is 16.5. The van der Waals surface area contributed by atoms with Crippen LogP contribution in [0.15, 0.2) is 42.7 Å². The molecule has 3 heterocycles. The Balaban J connectivity index is 1.64. The number of nitrogens with zero attached hydrogens (tertiary/aromatic N) is 3. The molecule has 1 N–H and O–H groups in total. The highest BCUT2D eigenvalue weighted by Gasteiger charge is 2.29. The van der Waals surface area contributed by atoms with Crippen molar-refractivity contribution in [3.05, 3.63) is 65.1 Å². The molecule has 7 nitrogen and oxygen atoms in total. The highest BCUT2D eigenvalue weighted by Crippen LogP contribution is 2.26. The third kappa shape index (κ3) is 3.73. The van der Waals surface area contributed by atoms with E-state index in [4.69, 9.17) is 4.74 Å². The number of aryl methyl sites for hydroxylation is 2. The van der Waals surface area contributed by atoms with E-state index in [9.17, 15) is 14.7 Å². The lowest BCUT2D eigenvalue weighted by Crippen LogP contribution is -2.49. The Kier molecular flexibility index (Phi) is 5.07. The molecule has 0 aliphatic carbocycles. The molecule has 7 heteroatoms. The molecule has 2 aromatic heterocycles. The minimum absolute atomic E-state index is 0.0581. The number of benzene rings is 1. The Labute approximate surface area is 168 Å². The van der Waals surface area contributed by atoms with Gasteiger partial charge in [0.1, 0.15) is 0 Å². The molecule has 0 spiro atoms. The molecule has 4 rings (SSSR count). The van der Waals surface area contributed by atoms with Gasteiger partial charge in [-0.15, -0.1) is 0 Å².